The van der Waals surface area contributed by atoms with Crippen LogP contribution in [0.15, 0.2) is 47.4 Å². The maximum Gasteiger partial charge on any atom is 0.256 e. The van der Waals surface area contributed by atoms with Crippen molar-refractivity contribution in [2.45, 2.75) is 37.8 Å². The normalized spacial score (nSPS) is 12.1. The van der Waals surface area contributed by atoms with Crippen LogP contribution in [0.25, 0.3) is 0 Å². The molecular weight excluding hydrogens is 509 g/mol. The fraction of sp³-hybridized carbons (Fsp3) is 0.348. The van der Waals surface area contributed by atoms with Gasteiger partial charge in [0.15, 0.2) is 20.8 Å². The zero-order chi connectivity index (χ0) is 26.0. The van der Waals surface area contributed by atoms with E-state index >= 15 is 0 Å². The van der Waals surface area contributed by atoms with Gasteiger partial charge in [-0.1, -0.05) is 37.6 Å². The van der Waals surface area contributed by atoms with Crippen LogP contribution in [0.4, 0.5) is 23.1 Å². The van der Waals surface area contributed by atoms with E-state index in [1.54, 1.807) is 50.2 Å². The number of ether oxygens (including phenoxy) is 1. The van der Waals surface area contributed by atoms with Gasteiger partial charge in [0.25, 0.3) is 5.95 Å². The highest BCUT2D eigenvalue weighted by molar-refractivity contribution is 7.92. The van der Waals surface area contributed by atoms with Gasteiger partial charge in [-0.2, -0.15) is 4.98 Å². The predicted molar refractivity (Wildman–Crippen MR) is 141 cm³/mol. The lowest BCUT2D eigenvalue weighted by atomic mass is 10.2. The second-order valence-corrected chi connectivity index (χ2v) is 14.5. The van der Waals surface area contributed by atoms with E-state index in [9.17, 15) is 13.0 Å². The molecule has 0 bridgehead atoms. The van der Waals surface area contributed by atoms with E-state index in [0.29, 0.717) is 29.1 Å². The lowest BCUT2D eigenvalue weighted by Crippen LogP contribution is -2.22. The van der Waals surface area contributed by atoms with Crippen molar-refractivity contribution in [2.75, 3.05) is 30.1 Å². The molecule has 2 N–H and O–H groups in total. The van der Waals surface area contributed by atoms with Crippen molar-refractivity contribution in [3.8, 4) is 5.75 Å². The summed E-state index contributed by atoms with van der Waals surface area (Å²) in [7, 11) is -4.83. The van der Waals surface area contributed by atoms with Gasteiger partial charge in [0.05, 0.1) is 28.6 Å². The molecule has 3 rings (SSSR count). The molecule has 0 atom stereocenters. The molecule has 0 aliphatic carbocycles. The van der Waals surface area contributed by atoms with Crippen LogP contribution in [0.1, 0.15) is 27.7 Å². The molecule has 1 aromatic heterocycles. The average molecular weight is 538 g/mol. The van der Waals surface area contributed by atoms with Crippen molar-refractivity contribution >= 4 is 57.0 Å². The minimum absolute atomic E-state index is 0.00137. The van der Waals surface area contributed by atoms with Crippen molar-refractivity contribution in [1.29, 1.82) is 0 Å². The van der Waals surface area contributed by atoms with Gasteiger partial charge in [0.2, 0.25) is 0 Å². The molecule has 0 amide bonds. The van der Waals surface area contributed by atoms with Crippen molar-refractivity contribution in [1.82, 2.24) is 15.2 Å². The second-order valence-electron chi connectivity index (χ2n) is 8.06. The molecule has 0 radical (unpaired) electrons. The van der Waals surface area contributed by atoms with Crippen LogP contribution in [-0.4, -0.2) is 48.3 Å². The summed E-state index contributed by atoms with van der Waals surface area (Å²) in [5, 5.41) is 7.87. The highest BCUT2D eigenvalue weighted by Gasteiger charge is 2.30. The molecule has 0 fully saturated rings. The summed E-state index contributed by atoms with van der Waals surface area (Å²) in [4.78, 5) is 5.84. The number of para-hydroxylation sites is 1. The summed E-state index contributed by atoms with van der Waals surface area (Å²) in [6, 6.07) is 11.7. The summed E-state index contributed by atoms with van der Waals surface area (Å²) < 4.78 is 45.6. The Morgan fingerprint density at radius 1 is 1.09 bits per heavy atom. The van der Waals surface area contributed by atoms with Gasteiger partial charge in [0, 0.05) is 17.6 Å². The number of nitrogens with two attached hydrogens (primary N) is 1. The van der Waals surface area contributed by atoms with Gasteiger partial charge in [-0.05, 0) is 44.2 Å². The Kier molecular flexibility index (Phi) is 8.09. The largest absolute Gasteiger partial charge is 0.495 e. The van der Waals surface area contributed by atoms with Gasteiger partial charge in [-0.15, -0.1) is 10.2 Å². The SMILES string of the molecule is CCP(=O)(CC)c1ccc(N(c2nnc(Cl)c(N)n2)c2ccccc2S(=O)(=O)C(C)C)c(OC)c1. The van der Waals surface area contributed by atoms with Gasteiger partial charge in [-0.25, -0.2) is 8.42 Å². The van der Waals surface area contributed by atoms with Crippen LogP contribution in [-0.2, 0) is 14.4 Å². The average Bonchev–Trinajstić information content (AvgIpc) is 2.86. The van der Waals surface area contributed by atoms with Crippen molar-refractivity contribution < 1.29 is 17.7 Å². The Morgan fingerprint density at radius 3 is 2.31 bits per heavy atom. The molecule has 0 spiro atoms. The number of benzene rings is 2. The minimum Gasteiger partial charge on any atom is -0.495 e. The summed E-state index contributed by atoms with van der Waals surface area (Å²) in [5.41, 5.74) is 6.62. The van der Waals surface area contributed by atoms with Crippen LogP contribution in [0.3, 0.4) is 0 Å². The fourth-order valence-corrected chi connectivity index (χ4v) is 6.77. The zero-order valence-electron chi connectivity index (χ0n) is 20.3. The number of sulfone groups is 1. The van der Waals surface area contributed by atoms with Crippen LogP contribution >= 0.6 is 18.7 Å². The topological polar surface area (TPSA) is 128 Å². The maximum absolute atomic E-state index is 13.4. The van der Waals surface area contributed by atoms with Gasteiger partial charge in [0.1, 0.15) is 12.9 Å². The Hall–Kier alpha value is -2.68. The molecular formula is C23H29ClN5O4PS. The number of hydrogen-bond donors (Lipinski definition) is 1. The smallest absolute Gasteiger partial charge is 0.256 e. The second kappa shape index (κ2) is 10.5. The number of hydrogen-bond acceptors (Lipinski definition) is 9. The summed E-state index contributed by atoms with van der Waals surface area (Å²) in [6.07, 6.45) is 1.01. The van der Waals surface area contributed by atoms with E-state index in [0.717, 1.165) is 0 Å². The summed E-state index contributed by atoms with van der Waals surface area (Å²) >= 11 is 5.95. The van der Waals surface area contributed by atoms with Gasteiger partial charge in [-0.3, -0.25) is 4.90 Å². The van der Waals surface area contributed by atoms with E-state index < -0.39 is 22.2 Å². The summed E-state index contributed by atoms with van der Waals surface area (Å²) in [6.45, 7) is 6.99. The highest BCUT2D eigenvalue weighted by Crippen LogP contribution is 2.47. The van der Waals surface area contributed by atoms with Crippen molar-refractivity contribution in [2.24, 2.45) is 0 Å². The molecule has 35 heavy (non-hydrogen) atoms. The van der Waals surface area contributed by atoms with Gasteiger partial charge >= 0.3 is 0 Å². The van der Waals surface area contributed by atoms with E-state index in [-0.39, 0.29) is 27.5 Å². The molecule has 3 aromatic rings. The number of anilines is 4. The molecule has 0 aliphatic rings. The molecule has 9 nitrogen and oxygen atoms in total. The molecule has 12 heteroatoms. The minimum atomic E-state index is -3.71. The number of methoxy groups -OCH3 is 1. The highest BCUT2D eigenvalue weighted by atomic mass is 35.5. The molecule has 0 saturated heterocycles. The van der Waals surface area contributed by atoms with Crippen LogP contribution < -0.4 is 20.7 Å². The number of nitrogen functional groups attached to an aromatic ring is 1. The first-order valence-corrected chi connectivity index (χ1v) is 15.1. The third kappa shape index (κ3) is 5.15. The Morgan fingerprint density at radius 2 is 1.74 bits per heavy atom. The Bertz CT molecular complexity index is 1380. The monoisotopic (exact) mass is 537 g/mol. The molecule has 0 aliphatic heterocycles. The standard InChI is InChI=1S/C23H29ClN5O4PS/c1-6-34(30,7-2)16-12-13-17(19(14-16)33-5)29(23-26-22(25)21(24)27-28-23)18-10-8-9-11-20(18)35(31,32)15(3)4/h8-15H,6-7H2,1-5H3,(H2,25,26,28). The van der Waals surface area contributed by atoms with Crippen molar-refractivity contribution in [3.63, 3.8) is 0 Å². The molecule has 188 valence electrons. The third-order valence-corrected chi connectivity index (χ3v) is 11.5. The van der Waals surface area contributed by atoms with E-state index in [2.05, 4.69) is 15.2 Å². The lowest BCUT2D eigenvalue weighted by Gasteiger charge is -2.27. The number of nitrogens with zero attached hydrogens (tertiary/aromatic N) is 4. The number of aromatic nitrogens is 3. The third-order valence-electron chi connectivity index (χ3n) is 5.79. The first-order chi connectivity index (χ1) is 16.5. The summed E-state index contributed by atoms with van der Waals surface area (Å²) in [5.74, 6) is 0.292. The van der Waals surface area contributed by atoms with Crippen LogP contribution in [0.5, 0.6) is 5.75 Å². The number of halogens is 1. The van der Waals surface area contributed by atoms with Crippen LogP contribution in [0.2, 0.25) is 5.15 Å². The Labute approximate surface area is 211 Å². The molecule has 1 heterocycles. The molecule has 0 unspecified atom stereocenters. The quantitative estimate of drug-likeness (QED) is 0.383. The van der Waals surface area contributed by atoms with E-state index in [4.69, 9.17) is 22.1 Å². The molecule has 0 saturated carbocycles. The zero-order valence-corrected chi connectivity index (χ0v) is 22.7. The van der Waals surface area contributed by atoms with Gasteiger partial charge < -0.3 is 15.0 Å². The Balaban J connectivity index is 2.37. The van der Waals surface area contributed by atoms with E-state index in [1.165, 1.54) is 18.1 Å². The first kappa shape index (κ1) is 26.9. The van der Waals surface area contributed by atoms with E-state index in [1.807, 2.05) is 13.8 Å². The molecule has 2 aromatic carbocycles. The maximum atomic E-state index is 13.4. The van der Waals surface area contributed by atoms with Crippen molar-refractivity contribution in [3.05, 3.63) is 47.6 Å². The number of rotatable bonds is 9. The van der Waals surface area contributed by atoms with Crippen LogP contribution in [0, 0.1) is 0 Å². The fourth-order valence-electron chi connectivity index (χ4n) is 3.59. The lowest BCUT2D eigenvalue weighted by molar-refractivity contribution is 0.416. The predicted octanol–water partition coefficient (Wildman–Crippen LogP) is 4.80. The first-order valence-electron chi connectivity index (χ1n) is 11.1.